The summed E-state index contributed by atoms with van der Waals surface area (Å²) < 4.78 is 53.9. The SMILES string of the molecule is O=C(Nc1ccc(C(=O)N2CCCC(C(=O)NO)C2)cc1)Nc1ccc(OC(F)(F)F)c(F)c1. The Balaban J connectivity index is 1.57. The molecule has 0 saturated carbocycles. The van der Waals surface area contributed by atoms with Gasteiger partial charge in [-0.05, 0) is 49.2 Å². The lowest BCUT2D eigenvalue weighted by Gasteiger charge is -2.31. The largest absolute Gasteiger partial charge is 0.573 e. The van der Waals surface area contributed by atoms with Gasteiger partial charge in [0.05, 0.1) is 5.92 Å². The Hall–Kier alpha value is -3.87. The van der Waals surface area contributed by atoms with Crippen LogP contribution in [0.5, 0.6) is 5.75 Å². The molecular formula is C21H20F4N4O5. The number of nitrogens with zero attached hydrogens (tertiary/aromatic N) is 1. The molecule has 0 radical (unpaired) electrons. The van der Waals surface area contributed by atoms with Gasteiger partial charge in [-0.1, -0.05) is 0 Å². The van der Waals surface area contributed by atoms with E-state index in [9.17, 15) is 31.9 Å². The van der Waals surface area contributed by atoms with Crippen LogP contribution in [0.4, 0.5) is 33.7 Å². The Kier molecular flexibility index (Phi) is 7.56. The first-order chi connectivity index (χ1) is 16.1. The molecule has 2 aromatic rings. The number of hydroxylamine groups is 1. The van der Waals surface area contributed by atoms with Crippen LogP contribution in [0.3, 0.4) is 0 Å². The van der Waals surface area contributed by atoms with Crippen LogP contribution >= 0.6 is 0 Å². The smallest absolute Gasteiger partial charge is 0.403 e. The number of carbonyl (C=O) groups is 3. The fraction of sp³-hybridized carbons (Fsp3) is 0.286. The Bertz CT molecular complexity index is 1060. The van der Waals surface area contributed by atoms with Gasteiger partial charge in [0.1, 0.15) is 0 Å². The second-order valence-electron chi connectivity index (χ2n) is 7.42. The van der Waals surface area contributed by atoms with Crippen molar-refractivity contribution in [1.82, 2.24) is 10.4 Å². The zero-order chi connectivity index (χ0) is 24.9. The van der Waals surface area contributed by atoms with Crippen LogP contribution < -0.4 is 20.9 Å². The molecule has 1 aliphatic rings. The van der Waals surface area contributed by atoms with E-state index in [2.05, 4.69) is 15.4 Å². The molecule has 0 aromatic heterocycles. The zero-order valence-corrected chi connectivity index (χ0v) is 17.5. The molecule has 13 heteroatoms. The summed E-state index contributed by atoms with van der Waals surface area (Å²) in [7, 11) is 0. The predicted molar refractivity (Wildman–Crippen MR) is 111 cm³/mol. The lowest BCUT2D eigenvalue weighted by Crippen LogP contribution is -2.44. The molecule has 1 saturated heterocycles. The van der Waals surface area contributed by atoms with Crippen molar-refractivity contribution in [2.75, 3.05) is 23.7 Å². The molecule has 4 amide bonds. The van der Waals surface area contributed by atoms with E-state index >= 15 is 0 Å². The number of ether oxygens (including phenoxy) is 1. The molecule has 34 heavy (non-hydrogen) atoms. The van der Waals surface area contributed by atoms with E-state index in [0.29, 0.717) is 36.7 Å². The molecule has 4 N–H and O–H groups in total. The molecule has 2 aromatic carbocycles. The van der Waals surface area contributed by atoms with Gasteiger partial charge in [0.25, 0.3) is 5.91 Å². The van der Waals surface area contributed by atoms with E-state index in [1.165, 1.54) is 29.2 Å². The Morgan fingerprint density at radius 1 is 1.03 bits per heavy atom. The summed E-state index contributed by atoms with van der Waals surface area (Å²) in [6.45, 7) is 0.622. The third-order valence-electron chi connectivity index (χ3n) is 4.99. The predicted octanol–water partition coefficient (Wildman–Crippen LogP) is 3.73. The second-order valence-corrected chi connectivity index (χ2v) is 7.42. The van der Waals surface area contributed by atoms with Gasteiger partial charge < -0.3 is 20.3 Å². The summed E-state index contributed by atoms with van der Waals surface area (Å²) >= 11 is 0. The van der Waals surface area contributed by atoms with E-state index in [1.807, 2.05) is 0 Å². The first kappa shape index (κ1) is 24.8. The number of amides is 4. The summed E-state index contributed by atoms with van der Waals surface area (Å²) in [4.78, 5) is 37.9. The van der Waals surface area contributed by atoms with Crippen molar-refractivity contribution in [3.8, 4) is 5.75 Å². The van der Waals surface area contributed by atoms with E-state index in [1.54, 1.807) is 5.48 Å². The lowest BCUT2D eigenvalue weighted by molar-refractivity contribution is -0.275. The number of benzene rings is 2. The van der Waals surface area contributed by atoms with Crippen molar-refractivity contribution < 1.29 is 41.9 Å². The number of carbonyl (C=O) groups excluding carboxylic acids is 3. The minimum Gasteiger partial charge on any atom is -0.403 e. The summed E-state index contributed by atoms with van der Waals surface area (Å²) in [6.07, 6.45) is -3.89. The number of urea groups is 1. The maximum Gasteiger partial charge on any atom is 0.573 e. The Morgan fingerprint density at radius 2 is 1.68 bits per heavy atom. The molecule has 182 valence electrons. The number of piperidine rings is 1. The van der Waals surface area contributed by atoms with Gasteiger partial charge in [-0.15, -0.1) is 13.2 Å². The molecule has 3 rings (SSSR count). The molecule has 0 aliphatic carbocycles. The molecule has 0 spiro atoms. The van der Waals surface area contributed by atoms with Gasteiger partial charge in [0.15, 0.2) is 11.6 Å². The maximum atomic E-state index is 13.8. The van der Waals surface area contributed by atoms with Crippen LogP contribution in [0.2, 0.25) is 0 Å². The second kappa shape index (κ2) is 10.4. The van der Waals surface area contributed by atoms with Crippen LogP contribution in [-0.4, -0.2) is 47.4 Å². The summed E-state index contributed by atoms with van der Waals surface area (Å²) in [5, 5.41) is 13.5. The minimum absolute atomic E-state index is 0.108. The minimum atomic E-state index is -5.05. The molecule has 1 aliphatic heterocycles. The monoisotopic (exact) mass is 484 g/mol. The molecular weight excluding hydrogens is 464 g/mol. The number of nitrogens with one attached hydrogen (secondary N) is 3. The molecule has 1 unspecified atom stereocenters. The van der Waals surface area contributed by atoms with Crippen LogP contribution in [0, 0.1) is 11.7 Å². The number of alkyl halides is 3. The quantitative estimate of drug-likeness (QED) is 0.293. The van der Waals surface area contributed by atoms with Crippen LogP contribution in [0.25, 0.3) is 0 Å². The van der Waals surface area contributed by atoms with Crippen molar-refractivity contribution in [3.05, 3.63) is 53.8 Å². The van der Waals surface area contributed by atoms with Gasteiger partial charge in [0, 0.05) is 36.1 Å². The summed E-state index contributed by atoms with van der Waals surface area (Å²) in [5.41, 5.74) is 2.10. The molecule has 1 heterocycles. The highest BCUT2D eigenvalue weighted by atomic mass is 19.4. The highest BCUT2D eigenvalue weighted by Crippen LogP contribution is 2.27. The molecule has 1 fully saturated rings. The zero-order valence-electron chi connectivity index (χ0n) is 17.5. The standard InChI is InChI=1S/C21H20F4N4O5/c22-16-10-15(7-8-17(16)34-21(23,24)25)27-20(32)26-14-5-3-12(4-6-14)19(31)29-9-1-2-13(11-29)18(30)28-33/h3-8,10,13,33H,1-2,9,11H2,(H,28,30)(H2,26,27,32). The molecule has 9 nitrogen and oxygen atoms in total. The van der Waals surface area contributed by atoms with Gasteiger partial charge in [-0.25, -0.2) is 14.7 Å². The van der Waals surface area contributed by atoms with Crippen molar-refractivity contribution in [2.45, 2.75) is 19.2 Å². The summed E-state index contributed by atoms with van der Waals surface area (Å²) in [5.74, 6) is -3.72. The van der Waals surface area contributed by atoms with Crippen molar-refractivity contribution in [2.24, 2.45) is 5.92 Å². The van der Waals surface area contributed by atoms with E-state index in [4.69, 9.17) is 5.21 Å². The van der Waals surface area contributed by atoms with Crippen molar-refractivity contribution in [1.29, 1.82) is 0 Å². The van der Waals surface area contributed by atoms with Crippen molar-refractivity contribution >= 4 is 29.2 Å². The highest BCUT2D eigenvalue weighted by molar-refractivity contribution is 6.00. The fourth-order valence-corrected chi connectivity index (χ4v) is 3.43. The number of anilines is 2. The number of rotatable bonds is 5. The van der Waals surface area contributed by atoms with Crippen LogP contribution in [0.15, 0.2) is 42.5 Å². The van der Waals surface area contributed by atoms with Gasteiger partial charge >= 0.3 is 12.4 Å². The van der Waals surface area contributed by atoms with Crippen LogP contribution in [0.1, 0.15) is 23.2 Å². The molecule has 0 bridgehead atoms. The van der Waals surface area contributed by atoms with Gasteiger partial charge in [-0.2, -0.15) is 0 Å². The Labute approximate surface area is 190 Å². The average Bonchev–Trinajstić information content (AvgIpc) is 2.79. The third-order valence-corrected chi connectivity index (χ3v) is 4.99. The number of hydrogen-bond donors (Lipinski definition) is 4. The summed E-state index contributed by atoms with van der Waals surface area (Å²) in [6, 6.07) is 7.49. The van der Waals surface area contributed by atoms with E-state index in [0.717, 1.165) is 12.1 Å². The van der Waals surface area contributed by atoms with Crippen molar-refractivity contribution in [3.63, 3.8) is 0 Å². The first-order valence-electron chi connectivity index (χ1n) is 10.0. The molecule has 1 atom stereocenters. The van der Waals surface area contributed by atoms with Gasteiger partial charge in [0.2, 0.25) is 5.91 Å². The highest BCUT2D eigenvalue weighted by Gasteiger charge is 2.32. The number of hydrogen-bond acceptors (Lipinski definition) is 5. The lowest BCUT2D eigenvalue weighted by atomic mass is 9.97. The fourth-order valence-electron chi connectivity index (χ4n) is 3.43. The van der Waals surface area contributed by atoms with Gasteiger partial charge in [-0.3, -0.25) is 14.8 Å². The first-order valence-corrected chi connectivity index (χ1v) is 10.0. The van der Waals surface area contributed by atoms with E-state index < -0.39 is 35.8 Å². The van der Waals surface area contributed by atoms with Crippen LogP contribution in [-0.2, 0) is 4.79 Å². The normalized spacial score (nSPS) is 15.9. The third kappa shape index (κ3) is 6.57. The Morgan fingerprint density at radius 3 is 2.29 bits per heavy atom. The average molecular weight is 484 g/mol. The number of halogens is 4. The topological polar surface area (TPSA) is 120 Å². The van der Waals surface area contributed by atoms with E-state index in [-0.39, 0.29) is 18.1 Å². The maximum absolute atomic E-state index is 13.8. The number of likely N-dealkylation sites (tertiary alicyclic amines) is 1.